The average Bonchev–Trinajstić information content (AvgIpc) is 2.84. The van der Waals surface area contributed by atoms with E-state index in [0.29, 0.717) is 6.54 Å². The van der Waals surface area contributed by atoms with Crippen LogP contribution in [0.1, 0.15) is 18.7 Å². The van der Waals surface area contributed by atoms with Crippen molar-refractivity contribution in [3.63, 3.8) is 0 Å². The maximum Gasteiger partial charge on any atom is 0.305 e. The molecule has 0 aliphatic rings. The number of hydrogen-bond acceptors (Lipinski definition) is 5. The van der Waals surface area contributed by atoms with Crippen LogP contribution < -0.4 is 5.32 Å². The molecule has 0 aliphatic carbocycles. The Hall–Kier alpha value is -1.93. The molecule has 21 heavy (non-hydrogen) atoms. The highest BCUT2D eigenvalue weighted by Crippen LogP contribution is 2.34. The number of thiazole rings is 1. The van der Waals surface area contributed by atoms with Gasteiger partial charge in [-0.15, -0.1) is 11.3 Å². The first-order valence-electron chi connectivity index (χ1n) is 6.21. The zero-order valence-corrected chi connectivity index (χ0v) is 12.2. The van der Waals surface area contributed by atoms with Gasteiger partial charge in [-0.05, 0) is 6.07 Å². The average molecular weight is 313 g/mol. The highest BCUT2D eigenvalue weighted by molar-refractivity contribution is 7.15. The summed E-state index contributed by atoms with van der Waals surface area (Å²) in [4.78, 5) is 14.6. The SMILES string of the molecule is CC(C)NCc1cnc(-c2c(F)ccc([N+](=O)[O-])c2F)s1. The number of rotatable bonds is 5. The van der Waals surface area contributed by atoms with Crippen LogP contribution in [0.3, 0.4) is 0 Å². The number of hydrogen-bond donors (Lipinski definition) is 1. The Morgan fingerprint density at radius 3 is 2.76 bits per heavy atom. The molecule has 0 amide bonds. The van der Waals surface area contributed by atoms with Crippen LogP contribution in [0.5, 0.6) is 0 Å². The van der Waals surface area contributed by atoms with E-state index in [1.165, 1.54) is 6.20 Å². The smallest absolute Gasteiger partial charge is 0.305 e. The Bertz CT molecular complexity index is 673. The summed E-state index contributed by atoms with van der Waals surface area (Å²) in [5, 5.41) is 14.0. The lowest BCUT2D eigenvalue weighted by Gasteiger charge is -2.05. The molecule has 112 valence electrons. The van der Waals surface area contributed by atoms with Gasteiger partial charge in [-0.1, -0.05) is 13.8 Å². The van der Waals surface area contributed by atoms with Gasteiger partial charge in [-0.3, -0.25) is 10.1 Å². The molecule has 0 atom stereocenters. The lowest BCUT2D eigenvalue weighted by Crippen LogP contribution is -2.21. The molecule has 0 fully saturated rings. The van der Waals surface area contributed by atoms with Crippen LogP contribution in [0.4, 0.5) is 14.5 Å². The molecule has 2 aromatic rings. The van der Waals surface area contributed by atoms with Crippen LogP contribution in [0.2, 0.25) is 0 Å². The van der Waals surface area contributed by atoms with Gasteiger partial charge in [0.05, 0.1) is 10.5 Å². The van der Waals surface area contributed by atoms with Gasteiger partial charge >= 0.3 is 5.69 Å². The highest BCUT2D eigenvalue weighted by Gasteiger charge is 2.24. The fourth-order valence-electron chi connectivity index (χ4n) is 1.69. The van der Waals surface area contributed by atoms with Crippen molar-refractivity contribution < 1.29 is 13.7 Å². The molecule has 1 aromatic carbocycles. The van der Waals surface area contributed by atoms with Gasteiger partial charge in [-0.2, -0.15) is 4.39 Å². The second-order valence-electron chi connectivity index (χ2n) is 4.68. The van der Waals surface area contributed by atoms with E-state index in [0.717, 1.165) is 28.3 Å². The summed E-state index contributed by atoms with van der Waals surface area (Å²) in [5.41, 5.74) is -1.21. The Morgan fingerprint density at radius 2 is 2.14 bits per heavy atom. The minimum atomic E-state index is -1.20. The summed E-state index contributed by atoms with van der Waals surface area (Å²) in [6.07, 6.45) is 1.51. The van der Waals surface area contributed by atoms with Crippen LogP contribution in [0.25, 0.3) is 10.6 Å². The van der Waals surface area contributed by atoms with E-state index in [1.807, 2.05) is 13.8 Å². The van der Waals surface area contributed by atoms with Crippen molar-refractivity contribution in [2.75, 3.05) is 0 Å². The number of halogens is 2. The van der Waals surface area contributed by atoms with Gasteiger partial charge in [-0.25, -0.2) is 9.37 Å². The van der Waals surface area contributed by atoms with Crippen molar-refractivity contribution >= 4 is 17.0 Å². The van der Waals surface area contributed by atoms with Crippen LogP contribution in [0, 0.1) is 21.7 Å². The van der Waals surface area contributed by atoms with E-state index in [2.05, 4.69) is 10.3 Å². The third kappa shape index (κ3) is 3.40. The van der Waals surface area contributed by atoms with Gasteiger partial charge in [0.1, 0.15) is 10.8 Å². The number of nitro groups is 1. The second kappa shape index (κ2) is 6.23. The quantitative estimate of drug-likeness (QED) is 0.677. The molecule has 0 bridgehead atoms. The van der Waals surface area contributed by atoms with E-state index in [-0.39, 0.29) is 11.0 Å². The third-order valence-corrected chi connectivity index (χ3v) is 3.73. The zero-order valence-electron chi connectivity index (χ0n) is 11.4. The number of benzene rings is 1. The predicted molar refractivity (Wildman–Crippen MR) is 76.1 cm³/mol. The zero-order chi connectivity index (χ0) is 15.6. The molecular formula is C13H13F2N3O2S. The fourth-order valence-corrected chi connectivity index (χ4v) is 2.59. The van der Waals surface area contributed by atoms with Crippen molar-refractivity contribution in [3.05, 3.63) is 45.0 Å². The molecule has 2 rings (SSSR count). The first-order chi connectivity index (χ1) is 9.90. The molecule has 1 N–H and O–H groups in total. The van der Waals surface area contributed by atoms with Crippen molar-refractivity contribution in [2.24, 2.45) is 0 Å². The molecule has 1 heterocycles. The maximum absolute atomic E-state index is 14.1. The summed E-state index contributed by atoms with van der Waals surface area (Å²) in [7, 11) is 0. The van der Waals surface area contributed by atoms with E-state index in [4.69, 9.17) is 0 Å². The third-order valence-electron chi connectivity index (χ3n) is 2.72. The van der Waals surface area contributed by atoms with Crippen molar-refractivity contribution in [1.82, 2.24) is 10.3 Å². The number of nitro benzene ring substituents is 1. The predicted octanol–water partition coefficient (Wildman–Crippen LogP) is 3.49. The van der Waals surface area contributed by atoms with Crippen LogP contribution in [0.15, 0.2) is 18.3 Å². The van der Waals surface area contributed by atoms with Crippen molar-refractivity contribution in [3.8, 4) is 10.6 Å². The highest BCUT2D eigenvalue weighted by atomic mass is 32.1. The second-order valence-corrected chi connectivity index (χ2v) is 5.80. The summed E-state index contributed by atoms with van der Waals surface area (Å²) < 4.78 is 27.9. The van der Waals surface area contributed by atoms with Gasteiger partial charge < -0.3 is 5.32 Å². The van der Waals surface area contributed by atoms with E-state index in [9.17, 15) is 18.9 Å². The minimum Gasteiger partial charge on any atom is -0.310 e. The largest absolute Gasteiger partial charge is 0.310 e. The first kappa shape index (κ1) is 15.5. The molecule has 0 unspecified atom stereocenters. The van der Waals surface area contributed by atoms with E-state index >= 15 is 0 Å². The first-order valence-corrected chi connectivity index (χ1v) is 7.02. The van der Waals surface area contributed by atoms with Gasteiger partial charge in [0.15, 0.2) is 0 Å². The molecule has 8 heteroatoms. The summed E-state index contributed by atoms with van der Waals surface area (Å²) in [5.74, 6) is -2.06. The Balaban J connectivity index is 2.38. The van der Waals surface area contributed by atoms with Crippen LogP contribution in [-0.2, 0) is 6.54 Å². The number of nitrogens with one attached hydrogen (secondary N) is 1. The normalized spacial score (nSPS) is 11.1. The Labute approximate surface area is 123 Å². The van der Waals surface area contributed by atoms with Gasteiger partial charge in [0.25, 0.3) is 0 Å². The molecule has 0 spiro atoms. The van der Waals surface area contributed by atoms with Crippen molar-refractivity contribution in [1.29, 1.82) is 0 Å². The lowest BCUT2D eigenvalue weighted by atomic mass is 10.2. The van der Waals surface area contributed by atoms with Crippen LogP contribution >= 0.6 is 11.3 Å². The lowest BCUT2D eigenvalue weighted by molar-refractivity contribution is -0.387. The summed E-state index contributed by atoms with van der Waals surface area (Å²) in [6, 6.07) is 1.95. The molecular weight excluding hydrogens is 300 g/mol. The topological polar surface area (TPSA) is 68.1 Å². The summed E-state index contributed by atoms with van der Waals surface area (Å²) in [6.45, 7) is 4.47. The van der Waals surface area contributed by atoms with Crippen LogP contribution in [-0.4, -0.2) is 15.9 Å². The molecule has 0 saturated heterocycles. The Morgan fingerprint density at radius 1 is 1.43 bits per heavy atom. The van der Waals surface area contributed by atoms with Crippen molar-refractivity contribution in [2.45, 2.75) is 26.4 Å². The minimum absolute atomic E-state index is 0.0919. The summed E-state index contributed by atoms with van der Waals surface area (Å²) >= 11 is 1.10. The monoisotopic (exact) mass is 313 g/mol. The van der Waals surface area contributed by atoms with E-state index < -0.39 is 27.8 Å². The standard InChI is InChI=1S/C13H13F2N3O2S/c1-7(2)16-5-8-6-17-13(21-8)11-9(14)3-4-10(12(11)15)18(19)20/h3-4,6-7,16H,5H2,1-2H3. The molecule has 0 aliphatic heterocycles. The molecule has 5 nitrogen and oxygen atoms in total. The maximum atomic E-state index is 14.1. The van der Waals surface area contributed by atoms with E-state index in [1.54, 1.807) is 0 Å². The van der Waals surface area contributed by atoms with Gasteiger partial charge in [0.2, 0.25) is 5.82 Å². The Kier molecular flexibility index (Phi) is 4.59. The molecule has 1 aromatic heterocycles. The molecule has 0 saturated carbocycles. The fraction of sp³-hybridized carbons (Fsp3) is 0.308. The number of nitrogens with zero attached hydrogens (tertiary/aromatic N) is 2. The molecule has 0 radical (unpaired) electrons. The van der Waals surface area contributed by atoms with Gasteiger partial charge in [0, 0.05) is 29.7 Å². The number of aromatic nitrogens is 1.